The fraction of sp³-hybridized carbons (Fsp3) is 0.316. The average Bonchev–Trinajstić information content (AvgIpc) is 2.67. The molecule has 26 heavy (non-hydrogen) atoms. The van der Waals surface area contributed by atoms with Gasteiger partial charge in [-0.1, -0.05) is 30.3 Å². The SMILES string of the molecule is COc1ccc(COc2ccccc2CC(=O)CP(=O)(OC)OC)cc1. The topological polar surface area (TPSA) is 71.1 Å². The third-order valence-electron chi connectivity index (χ3n) is 3.84. The first-order valence-electron chi connectivity index (χ1n) is 8.05. The largest absolute Gasteiger partial charge is 0.497 e. The van der Waals surface area contributed by atoms with E-state index in [0.29, 0.717) is 12.4 Å². The van der Waals surface area contributed by atoms with Crippen LogP contribution in [0.15, 0.2) is 48.5 Å². The Kier molecular flexibility index (Phi) is 7.39. The van der Waals surface area contributed by atoms with E-state index < -0.39 is 7.60 Å². The highest BCUT2D eigenvalue weighted by atomic mass is 31.2. The number of rotatable bonds is 10. The first-order chi connectivity index (χ1) is 12.5. The molecule has 0 saturated carbocycles. The Morgan fingerprint density at radius 3 is 2.23 bits per heavy atom. The van der Waals surface area contributed by atoms with E-state index in [2.05, 4.69) is 0 Å². The molecule has 2 aromatic carbocycles. The predicted molar refractivity (Wildman–Crippen MR) is 99.0 cm³/mol. The summed E-state index contributed by atoms with van der Waals surface area (Å²) < 4.78 is 32.7. The maximum atomic E-state index is 12.2. The summed E-state index contributed by atoms with van der Waals surface area (Å²) in [5, 5.41) is 0. The van der Waals surface area contributed by atoms with Gasteiger partial charge in [-0.25, -0.2) is 0 Å². The summed E-state index contributed by atoms with van der Waals surface area (Å²) in [6, 6.07) is 14.8. The van der Waals surface area contributed by atoms with Gasteiger partial charge < -0.3 is 18.5 Å². The van der Waals surface area contributed by atoms with Crippen molar-refractivity contribution in [3.63, 3.8) is 0 Å². The quantitative estimate of drug-likeness (QED) is 0.585. The molecule has 0 N–H and O–H groups in total. The van der Waals surface area contributed by atoms with E-state index in [1.54, 1.807) is 13.2 Å². The van der Waals surface area contributed by atoms with Crippen LogP contribution in [0.4, 0.5) is 0 Å². The minimum absolute atomic E-state index is 0.0928. The zero-order valence-corrected chi connectivity index (χ0v) is 16.0. The van der Waals surface area contributed by atoms with Gasteiger partial charge >= 0.3 is 7.60 Å². The minimum Gasteiger partial charge on any atom is -0.497 e. The summed E-state index contributed by atoms with van der Waals surface area (Å²) in [7, 11) is 0.788. The van der Waals surface area contributed by atoms with Crippen molar-refractivity contribution in [3.05, 3.63) is 59.7 Å². The lowest BCUT2D eigenvalue weighted by Crippen LogP contribution is -2.11. The van der Waals surface area contributed by atoms with Crippen LogP contribution in [0, 0.1) is 0 Å². The third-order valence-corrected chi connectivity index (χ3v) is 5.69. The van der Waals surface area contributed by atoms with E-state index in [-0.39, 0.29) is 18.4 Å². The summed E-state index contributed by atoms with van der Waals surface area (Å²) in [6.45, 7) is 0.365. The lowest BCUT2D eigenvalue weighted by atomic mass is 10.1. The first-order valence-corrected chi connectivity index (χ1v) is 9.78. The van der Waals surface area contributed by atoms with Gasteiger partial charge in [0.2, 0.25) is 0 Å². The summed E-state index contributed by atoms with van der Waals surface area (Å²) in [4.78, 5) is 12.2. The highest BCUT2D eigenvalue weighted by molar-refractivity contribution is 7.54. The van der Waals surface area contributed by atoms with E-state index in [9.17, 15) is 9.36 Å². The predicted octanol–water partition coefficient (Wildman–Crippen LogP) is 3.87. The van der Waals surface area contributed by atoms with Gasteiger partial charge in [-0.05, 0) is 23.8 Å². The van der Waals surface area contributed by atoms with E-state index in [4.69, 9.17) is 18.5 Å². The number of ether oxygens (including phenoxy) is 2. The molecule has 0 saturated heterocycles. The number of hydrogen-bond donors (Lipinski definition) is 0. The monoisotopic (exact) mass is 378 g/mol. The fourth-order valence-electron chi connectivity index (χ4n) is 2.36. The lowest BCUT2D eigenvalue weighted by molar-refractivity contribution is -0.116. The van der Waals surface area contributed by atoms with Crippen LogP contribution in [0.3, 0.4) is 0 Å². The Morgan fingerprint density at radius 2 is 1.62 bits per heavy atom. The smallest absolute Gasteiger partial charge is 0.337 e. The van der Waals surface area contributed by atoms with Crippen molar-refractivity contribution < 1.29 is 27.9 Å². The van der Waals surface area contributed by atoms with Crippen LogP contribution in [0.5, 0.6) is 11.5 Å². The second-order valence-electron chi connectivity index (χ2n) is 5.59. The Labute approximate surface area is 153 Å². The number of carbonyl (C=O) groups excluding carboxylic acids is 1. The van der Waals surface area contributed by atoms with Crippen LogP contribution in [0.25, 0.3) is 0 Å². The molecule has 0 fully saturated rings. The van der Waals surface area contributed by atoms with Crippen LogP contribution in [-0.2, 0) is 31.4 Å². The van der Waals surface area contributed by atoms with Crippen LogP contribution in [0.2, 0.25) is 0 Å². The number of carbonyl (C=O) groups is 1. The Morgan fingerprint density at radius 1 is 0.962 bits per heavy atom. The van der Waals surface area contributed by atoms with E-state index in [1.807, 2.05) is 42.5 Å². The van der Waals surface area contributed by atoms with Crippen molar-refractivity contribution in [3.8, 4) is 11.5 Å². The van der Waals surface area contributed by atoms with Crippen molar-refractivity contribution in [2.45, 2.75) is 13.0 Å². The summed E-state index contributed by atoms with van der Waals surface area (Å²) >= 11 is 0. The highest BCUT2D eigenvalue weighted by Gasteiger charge is 2.25. The van der Waals surface area contributed by atoms with Gasteiger partial charge in [-0.2, -0.15) is 0 Å². The van der Waals surface area contributed by atoms with Gasteiger partial charge in [0.25, 0.3) is 0 Å². The molecule has 0 radical (unpaired) electrons. The van der Waals surface area contributed by atoms with Gasteiger partial charge in [-0.3, -0.25) is 9.36 Å². The number of methoxy groups -OCH3 is 1. The van der Waals surface area contributed by atoms with Gasteiger partial charge in [0.15, 0.2) is 0 Å². The van der Waals surface area contributed by atoms with Gasteiger partial charge in [0.1, 0.15) is 30.1 Å². The molecule has 0 aliphatic carbocycles. The number of Topliss-reactive ketones (excluding diaryl/α,β-unsaturated/α-hetero) is 1. The molecule has 2 aromatic rings. The Balaban J connectivity index is 2.02. The summed E-state index contributed by atoms with van der Waals surface area (Å²) in [5.74, 6) is 1.15. The zero-order valence-electron chi connectivity index (χ0n) is 15.1. The third kappa shape index (κ3) is 5.70. The molecule has 0 aromatic heterocycles. The molecular formula is C19H23O6P. The molecule has 7 heteroatoms. The second kappa shape index (κ2) is 9.53. The van der Waals surface area contributed by atoms with Gasteiger partial charge in [-0.15, -0.1) is 0 Å². The number of hydrogen-bond acceptors (Lipinski definition) is 6. The van der Waals surface area contributed by atoms with Crippen molar-refractivity contribution >= 4 is 13.4 Å². The molecule has 2 rings (SSSR count). The molecule has 0 aliphatic rings. The standard InChI is InChI=1S/C19H23O6P/c1-22-18-10-8-15(9-11-18)13-25-19-7-5-4-6-16(19)12-17(20)14-26(21,23-2)24-3/h4-11H,12-14H2,1-3H3. The fourth-order valence-corrected chi connectivity index (χ4v) is 3.31. The summed E-state index contributed by atoms with van der Waals surface area (Å²) in [5.41, 5.74) is 1.71. The minimum atomic E-state index is -3.36. The molecule has 6 nitrogen and oxygen atoms in total. The van der Waals surface area contributed by atoms with Crippen LogP contribution in [-0.4, -0.2) is 33.3 Å². The maximum Gasteiger partial charge on any atom is 0.337 e. The van der Waals surface area contributed by atoms with Crippen molar-refractivity contribution in [1.82, 2.24) is 0 Å². The normalized spacial score (nSPS) is 11.2. The van der Waals surface area contributed by atoms with Crippen molar-refractivity contribution in [1.29, 1.82) is 0 Å². The Bertz CT molecular complexity index is 764. The van der Waals surface area contributed by atoms with E-state index in [0.717, 1.165) is 16.9 Å². The number of benzene rings is 2. The molecule has 0 spiro atoms. The number of ketones is 1. The first kappa shape index (κ1) is 20.2. The molecule has 0 atom stereocenters. The van der Waals surface area contributed by atoms with Crippen molar-refractivity contribution in [2.75, 3.05) is 27.5 Å². The molecule has 0 aliphatic heterocycles. The maximum absolute atomic E-state index is 12.2. The lowest BCUT2D eigenvalue weighted by Gasteiger charge is -2.14. The molecule has 140 valence electrons. The van der Waals surface area contributed by atoms with Crippen molar-refractivity contribution in [2.24, 2.45) is 0 Å². The van der Waals surface area contributed by atoms with Gasteiger partial charge in [0.05, 0.1) is 7.11 Å². The van der Waals surface area contributed by atoms with E-state index >= 15 is 0 Å². The highest BCUT2D eigenvalue weighted by Crippen LogP contribution is 2.46. The molecule has 0 bridgehead atoms. The summed E-state index contributed by atoms with van der Waals surface area (Å²) in [6.07, 6.45) is -0.178. The number of para-hydroxylation sites is 1. The molecule has 0 amide bonds. The average molecular weight is 378 g/mol. The van der Waals surface area contributed by atoms with Crippen LogP contribution >= 0.6 is 7.60 Å². The van der Waals surface area contributed by atoms with Crippen LogP contribution < -0.4 is 9.47 Å². The zero-order chi connectivity index (χ0) is 19.0. The Hall–Kier alpha value is -2.14. The molecule has 0 heterocycles. The van der Waals surface area contributed by atoms with Crippen LogP contribution in [0.1, 0.15) is 11.1 Å². The van der Waals surface area contributed by atoms with E-state index in [1.165, 1.54) is 14.2 Å². The second-order valence-corrected chi connectivity index (χ2v) is 7.86. The molecular weight excluding hydrogens is 355 g/mol. The molecule has 0 unspecified atom stereocenters. The van der Waals surface area contributed by atoms with Gasteiger partial charge in [0, 0.05) is 26.2 Å².